The number of carbonyl (C=O) groups is 1. The van der Waals surface area contributed by atoms with Gasteiger partial charge in [-0.1, -0.05) is 12.1 Å². The zero-order valence-electron chi connectivity index (χ0n) is 14.9. The van der Waals surface area contributed by atoms with Crippen molar-refractivity contribution in [1.29, 1.82) is 0 Å². The highest BCUT2D eigenvalue weighted by Crippen LogP contribution is 2.24. The molecule has 2 heterocycles. The van der Waals surface area contributed by atoms with Crippen molar-refractivity contribution in [3.8, 4) is 5.75 Å². The summed E-state index contributed by atoms with van der Waals surface area (Å²) in [6, 6.07) is 12.4. The third-order valence-electron chi connectivity index (χ3n) is 4.70. The molecular formula is C20H21N3O4. The average molecular weight is 367 g/mol. The summed E-state index contributed by atoms with van der Waals surface area (Å²) >= 11 is 0. The van der Waals surface area contributed by atoms with Crippen LogP contribution in [0, 0.1) is 0 Å². The van der Waals surface area contributed by atoms with Crippen LogP contribution in [0.15, 0.2) is 53.5 Å². The molecular weight excluding hydrogens is 346 g/mol. The predicted octanol–water partition coefficient (Wildman–Crippen LogP) is 2.67. The van der Waals surface area contributed by atoms with Crippen LogP contribution < -0.4 is 10.4 Å². The maximum Gasteiger partial charge on any atom is 0.350 e. The molecule has 0 bridgehead atoms. The van der Waals surface area contributed by atoms with E-state index in [1.54, 1.807) is 36.5 Å². The molecule has 1 aliphatic carbocycles. The highest BCUT2D eigenvalue weighted by molar-refractivity contribution is 5.89. The molecule has 2 aromatic heterocycles. The quantitative estimate of drug-likeness (QED) is 0.626. The van der Waals surface area contributed by atoms with Crippen LogP contribution in [0.4, 0.5) is 0 Å². The first kappa shape index (κ1) is 17.3. The molecule has 4 rings (SSSR count). The Kier molecular flexibility index (Phi) is 4.91. The van der Waals surface area contributed by atoms with Crippen LogP contribution in [-0.2, 0) is 11.3 Å². The SMILES string of the molecule is O=C(OCCn1nc2ccccn2c1=O)c1cccc(OC2CCCC2)c1. The summed E-state index contributed by atoms with van der Waals surface area (Å²) in [6.07, 6.45) is 6.38. The summed E-state index contributed by atoms with van der Waals surface area (Å²) in [7, 11) is 0. The van der Waals surface area contributed by atoms with Crippen molar-refractivity contribution >= 4 is 11.6 Å². The van der Waals surface area contributed by atoms with Crippen molar-refractivity contribution in [1.82, 2.24) is 14.2 Å². The van der Waals surface area contributed by atoms with Gasteiger partial charge in [0.05, 0.1) is 18.2 Å². The molecule has 0 aliphatic heterocycles. The van der Waals surface area contributed by atoms with Gasteiger partial charge in [-0.15, -0.1) is 5.10 Å². The Hall–Kier alpha value is -3.09. The van der Waals surface area contributed by atoms with Crippen LogP contribution >= 0.6 is 0 Å². The highest BCUT2D eigenvalue weighted by atomic mass is 16.5. The van der Waals surface area contributed by atoms with Gasteiger partial charge in [0.1, 0.15) is 12.4 Å². The summed E-state index contributed by atoms with van der Waals surface area (Å²) in [6.45, 7) is 0.265. The number of pyridine rings is 1. The van der Waals surface area contributed by atoms with E-state index in [4.69, 9.17) is 9.47 Å². The van der Waals surface area contributed by atoms with Gasteiger partial charge in [-0.25, -0.2) is 14.3 Å². The Morgan fingerprint density at radius 1 is 1.15 bits per heavy atom. The maximum absolute atomic E-state index is 12.3. The summed E-state index contributed by atoms with van der Waals surface area (Å²) in [5.41, 5.74) is 0.743. The Bertz CT molecular complexity index is 1000. The van der Waals surface area contributed by atoms with Crippen LogP contribution in [0.2, 0.25) is 0 Å². The molecule has 0 radical (unpaired) electrons. The zero-order valence-corrected chi connectivity index (χ0v) is 14.9. The second-order valence-corrected chi connectivity index (χ2v) is 6.62. The van der Waals surface area contributed by atoms with Gasteiger partial charge in [0.2, 0.25) is 0 Å². The van der Waals surface area contributed by atoms with Crippen LogP contribution in [0.1, 0.15) is 36.0 Å². The highest BCUT2D eigenvalue weighted by Gasteiger charge is 2.17. The number of esters is 1. The van der Waals surface area contributed by atoms with Gasteiger partial charge in [-0.3, -0.25) is 4.40 Å². The van der Waals surface area contributed by atoms with E-state index < -0.39 is 5.97 Å². The third kappa shape index (κ3) is 3.86. The van der Waals surface area contributed by atoms with E-state index in [2.05, 4.69) is 5.10 Å². The van der Waals surface area contributed by atoms with Crippen molar-refractivity contribution in [2.45, 2.75) is 38.3 Å². The minimum atomic E-state index is -0.441. The Morgan fingerprint density at radius 2 is 2.00 bits per heavy atom. The molecule has 27 heavy (non-hydrogen) atoms. The molecule has 1 aromatic carbocycles. The van der Waals surface area contributed by atoms with E-state index >= 15 is 0 Å². The molecule has 1 aliphatic rings. The number of hydrogen-bond donors (Lipinski definition) is 0. The lowest BCUT2D eigenvalue weighted by Crippen LogP contribution is -2.24. The number of hydrogen-bond acceptors (Lipinski definition) is 5. The van der Waals surface area contributed by atoms with Gasteiger partial charge in [0.15, 0.2) is 5.65 Å². The Morgan fingerprint density at radius 3 is 2.81 bits per heavy atom. The lowest BCUT2D eigenvalue weighted by molar-refractivity contribution is 0.0485. The van der Waals surface area contributed by atoms with Gasteiger partial charge >= 0.3 is 11.7 Å². The molecule has 140 valence electrons. The molecule has 0 atom stereocenters. The molecule has 1 fully saturated rings. The van der Waals surface area contributed by atoms with Crippen molar-refractivity contribution in [2.24, 2.45) is 0 Å². The first-order valence-electron chi connectivity index (χ1n) is 9.19. The standard InChI is InChI=1S/C20H21N3O4/c24-19(15-6-5-9-17(14-15)27-16-7-1-2-8-16)26-13-12-23-20(25)22-11-4-3-10-18(22)21-23/h3-6,9-11,14,16H,1-2,7-8,12-13H2. The summed E-state index contributed by atoms with van der Waals surface area (Å²) in [4.78, 5) is 24.5. The summed E-state index contributed by atoms with van der Waals surface area (Å²) in [5, 5.41) is 4.21. The van der Waals surface area contributed by atoms with E-state index in [1.165, 1.54) is 21.9 Å². The van der Waals surface area contributed by atoms with E-state index in [0.29, 0.717) is 17.0 Å². The second-order valence-electron chi connectivity index (χ2n) is 6.62. The van der Waals surface area contributed by atoms with Gasteiger partial charge in [0.25, 0.3) is 0 Å². The van der Waals surface area contributed by atoms with Crippen molar-refractivity contribution in [3.63, 3.8) is 0 Å². The molecule has 7 heteroatoms. The lowest BCUT2D eigenvalue weighted by atomic mass is 10.2. The van der Waals surface area contributed by atoms with Crippen molar-refractivity contribution < 1.29 is 14.3 Å². The van der Waals surface area contributed by atoms with Crippen molar-refractivity contribution in [2.75, 3.05) is 6.61 Å². The lowest BCUT2D eigenvalue weighted by Gasteiger charge is -2.13. The summed E-state index contributed by atoms with van der Waals surface area (Å²) < 4.78 is 14.0. The topological polar surface area (TPSA) is 74.8 Å². The van der Waals surface area contributed by atoms with E-state index in [9.17, 15) is 9.59 Å². The van der Waals surface area contributed by atoms with E-state index in [1.807, 2.05) is 12.1 Å². The molecule has 0 amide bonds. The monoisotopic (exact) mass is 367 g/mol. The molecule has 0 spiro atoms. The first-order chi connectivity index (χ1) is 13.2. The van der Waals surface area contributed by atoms with Crippen molar-refractivity contribution in [3.05, 3.63) is 64.7 Å². The average Bonchev–Trinajstić information content (AvgIpc) is 3.30. The fraction of sp³-hybridized carbons (Fsp3) is 0.350. The number of ether oxygens (including phenoxy) is 2. The van der Waals surface area contributed by atoms with Crippen LogP contribution in [0.5, 0.6) is 5.75 Å². The van der Waals surface area contributed by atoms with Crippen LogP contribution in [0.25, 0.3) is 5.65 Å². The summed E-state index contributed by atoms with van der Waals surface area (Å²) in [5.74, 6) is 0.247. The largest absolute Gasteiger partial charge is 0.490 e. The molecule has 1 saturated carbocycles. The Balaban J connectivity index is 1.36. The van der Waals surface area contributed by atoms with Crippen LogP contribution in [0.3, 0.4) is 0 Å². The van der Waals surface area contributed by atoms with Gasteiger partial charge < -0.3 is 9.47 Å². The minimum Gasteiger partial charge on any atom is -0.490 e. The number of benzene rings is 1. The molecule has 0 saturated heterocycles. The predicted molar refractivity (Wildman–Crippen MR) is 99.1 cm³/mol. The van der Waals surface area contributed by atoms with Crippen LogP contribution in [-0.4, -0.2) is 32.9 Å². The van der Waals surface area contributed by atoms with Gasteiger partial charge in [0, 0.05) is 6.20 Å². The molecule has 0 N–H and O–H groups in total. The smallest absolute Gasteiger partial charge is 0.350 e. The zero-order chi connectivity index (χ0) is 18.6. The normalized spacial score (nSPS) is 14.5. The molecule has 3 aromatic rings. The molecule has 7 nitrogen and oxygen atoms in total. The Labute approximate surface area is 156 Å². The third-order valence-corrected chi connectivity index (χ3v) is 4.70. The van der Waals surface area contributed by atoms with E-state index in [-0.39, 0.29) is 24.9 Å². The van der Waals surface area contributed by atoms with Gasteiger partial charge in [-0.2, -0.15) is 0 Å². The first-order valence-corrected chi connectivity index (χ1v) is 9.19. The van der Waals surface area contributed by atoms with Gasteiger partial charge in [-0.05, 0) is 56.0 Å². The molecule has 0 unspecified atom stereocenters. The number of carbonyl (C=O) groups excluding carboxylic acids is 1. The minimum absolute atomic E-state index is 0.0658. The fourth-order valence-corrected chi connectivity index (χ4v) is 3.32. The number of aromatic nitrogens is 3. The second kappa shape index (κ2) is 7.65. The number of fused-ring (bicyclic) bond motifs is 1. The number of nitrogens with zero attached hydrogens (tertiary/aromatic N) is 3. The maximum atomic E-state index is 12.3. The number of rotatable bonds is 6. The van der Waals surface area contributed by atoms with E-state index in [0.717, 1.165) is 12.8 Å². The fourth-order valence-electron chi connectivity index (χ4n) is 3.32.